The van der Waals surface area contributed by atoms with Gasteiger partial charge in [-0.3, -0.25) is 0 Å². The van der Waals surface area contributed by atoms with Gasteiger partial charge < -0.3 is 9.73 Å². The lowest BCUT2D eigenvalue weighted by molar-refractivity contribution is 0.469. The molecule has 4 heteroatoms. The zero-order valence-electron chi connectivity index (χ0n) is 9.29. The molecule has 16 heavy (non-hydrogen) atoms. The second kappa shape index (κ2) is 5.04. The molecule has 86 valence electrons. The van der Waals surface area contributed by atoms with Crippen molar-refractivity contribution in [2.45, 2.75) is 19.4 Å². The molecule has 0 bridgehead atoms. The Morgan fingerprint density at radius 3 is 2.88 bits per heavy atom. The second-order valence-corrected chi connectivity index (χ2v) is 5.01. The van der Waals surface area contributed by atoms with Gasteiger partial charge in [-0.1, -0.05) is 11.6 Å². The highest BCUT2D eigenvalue weighted by atomic mass is 35.5. The lowest BCUT2D eigenvalue weighted by atomic mass is 10.1. The monoisotopic (exact) mass is 255 g/mol. The van der Waals surface area contributed by atoms with Crippen LogP contribution in [0, 0.1) is 6.92 Å². The zero-order chi connectivity index (χ0) is 11.5. The Hall–Kier alpha value is -0.770. The molecule has 0 aliphatic heterocycles. The van der Waals surface area contributed by atoms with E-state index in [1.165, 1.54) is 4.88 Å². The molecule has 2 rings (SSSR count). The van der Waals surface area contributed by atoms with Gasteiger partial charge in [0.2, 0.25) is 0 Å². The number of likely N-dealkylation sites (N-methyl/N-ethyl adjacent to an activating group) is 1. The number of hydrogen-bond acceptors (Lipinski definition) is 3. The van der Waals surface area contributed by atoms with Crippen LogP contribution in [0.2, 0.25) is 5.02 Å². The first-order valence-corrected chi connectivity index (χ1v) is 6.41. The topological polar surface area (TPSA) is 25.2 Å². The molecule has 0 amide bonds. The number of hydrogen-bond donors (Lipinski definition) is 1. The van der Waals surface area contributed by atoms with Crippen LogP contribution in [0.3, 0.4) is 0 Å². The Morgan fingerprint density at radius 1 is 1.56 bits per heavy atom. The molecule has 0 aliphatic carbocycles. The summed E-state index contributed by atoms with van der Waals surface area (Å²) < 4.78 is 5.36. The maximum atomic E-state index is 6.26. The van der Waals surface area contributed by atoms with Crippen molar-refractivity contribution < 1.29 is 4.42 Å². The maximum Gasteiger partial charge on any atom is 0.105 e. The summed E-state index contributed by atoms with van der Waals surface area (Å²) in [6.07, 6.45) is 2.52. The van der Waals surface area contributed by atoms with Gasteiger partial charge in [-0.25, -0.2) is 0 Å². The van der Waals surface area contributed by atoms with E-state index in [4.69, 9.17) is 16.0 Å². The van der Waals surface area contributed by atoms with Crippen LogP contribution in [-0.4, -0.2) is 7.05 Å². The Bertz CT molecular complexity index is 450. The van der Waals surface area contributed by atoms with Gasteiger partial charge in [0.25, 0.3) is 0 Å². The fourth-order valence-electron chi connectivity index (χ4n) is 1.64. The number of halogens is 1. The number of nitrogens with one attached hydrogen (secondary N) is 1. The molecule has 0 saturated carbocycles. The number of thiophene rings is 1. The summed E-state index contributed by atoms with van der Waals surface area (Å²) in [4.78, 5) is 1.18. The van der Waals surface area contributed by atoms with Crippen molar-refractivity contribution in [1.82, 2.24) is 5.32 Å². The molecule has 0 fully saturated rings. The highest BCUT2D eigenvalue weighted by Gasteiger charge is 2.17. The summed E-state index contributed by atoms with van der Waals surface area (Å²) in [5.41, 5.74) is 1.14. The SMILES string of the molecule is CNC(Cc1ccco1)c1scc(C)c1Cl. The van der Waals surface area contributed by atoms with E-state index in [0.29, 0.717) is 0 Å². The van der Waals surface area contributed by atoms with Crippen LogP contribution in [0.15, 0.2) is 28.2 Å². The first-order valence-electron chi connectivity index (χ1n) is 5.15. The Labute approximate surface area is 104 Å². The molecular formula is C12H14ClNOS. The number of aryl methyl sites for hydroxylation is 1. The van der Waals surface area contributed by atoms with E-state index in [2.05, 4.69) is 10.7 Å². The van der Waals surface area contributed by atoms with E-state index in [-0.39, 0.29) is 6.04 Å². The van der Waals surface area contributed by atoms with E-state index in [1.54, 1.807) is 17.6 Å². The minimum absolute atomic E-state index is 0.220. The molecule has 0 spiro atoms. The van der Waals surface area contributed by atoms with Gasteiger partial charge in [0.1, 0.15) is 5.76 Å². The third kappa shape index (κ3) is 2.32. The molecule has 1 N–H and O–H groups in total. The van der Waals surface area contributed by atoms with E-state index in [1.807, 2.05) is 26.1 Å². The van der Waals surface area contributed by atoms with Gasteiger partial charge in [0.05, 0.1) is 11.3 Å². The summed E-state index contributed by atoms with van der Waals surface area (Å²) in [6, 6.07) is 4.11. The average Bonchev–Trinajstić information content (AvgIpc) is 2.88. The van der Waals surface area contributed by atoms with Gasteiger partial charge in [-0.05, 0) is 37.0 Å². The van der Waals surface area contributed by atoms with E-state index < -0.39 is 0 Å². The van der Waals surface area contributed by atoms with Crippen molar-refractivity contribution >= 4 is 22.9 Å². The summed E-state index contributed by atoms with van der Waals surface area (Å²) in [6.45, 7) is 2.03. The molecule has 0 radical (unpaired) electrons. The molecule has 1 unspecified atom stereocenters. The molecule has 2 nitrogen and oxygen atoms in total. The third-order valence-electron chi connectivity index (χ3n) is 2.58. The van der Waals surface area contributed by atoms with Crippen LogP contribution < -0.4 is 5.32 Å². The third-order valence-corrected chi connectivity index (χ3v) is 4.40. The Balaban J connectivity index is 2.20. The van der Waals surface area contributed by atoms with Gasteiger partial charge >= 0.3 is 0 Å². The average molecular weight is 256 g/mol. The molecule has 0 aliphatic rings. The Kier molecular flexibility index (Phi) is 3.69. The summed E-state index contributed by atoms with van der Waals surface area (Å²) in [5.74, 6) is 0.974. The van der Waals surface area contributed by atoms with Crippen molar-refractivity contribution in [2.24, 2.45) is 0 Å². The fourth-order valence-corrected chi connectivity index (χ4v) is 3.08. The van der Waals surface area contributed by atoms with Crippen LogP contribution in [0.5, 0.6) is 0 Å². The van der Waals surface area contributed by atoms with Gasteiger partial charge in [-0.2, -0.15) is 0 Å². The molecule has 2 aromatic heterocycles. The smallest absolute Gasteiger partial charge is 0.105 e. The van der Waals surface area contributed by atoms with Crippen molar-refractivity contribution in [1.29, 1.82) is 0 Å². The largest absolute Gasteiger partial charge is 0.469 e. The van der Waals surface area contributed by atoms with Crippen LogP contribution in [0.4, 0.5) is 0 Å². The first-order chi connectivity index (χ1) is 7.72. The van der Waals surface area contributed by atoms with Crippen LogP contribution in [0.1, 0.15) is 22.2 Å². The minimum Gasteiger partial charge on any atom is -0.469 e. The van der Waals surface area contributed by atoms with E-state index in [9.17, 15) is 0 Å². The lowest BCUT2D eigenvalue weighted by Gasteiger charge is -2.13. The highest BCUT2D eigenvalue weighted by Crippen LogP contribution is 2.33. The molecular weight excluding hydrogens is 242 g/mol. The first kappa shape index (κ1) is 11.7. The summed E-state index contributed by atoms with van der Waals surface area (Å²) in [7, 11) is 1.94. The van der Waals surface area contributed by atoms with Crippen LogP contribution in [0.25, 0.3) is 0 Å². The van der Waals surface area contributed by atoms with Crippen molar-refractivity contribution in [2.75, 3.05) is 7.05 Å². The Morgan fingerprint density at radius 2 is 2.38 bits per heavy atom. The lowest BCUT2D eigenvalue weighted by Crippen LogP contribution is -2.17. The highest BCUT2D eigenvalue weighted by molar-refractivity contribution is 7.10. The van der Waals surface area contributed by atoms with Gasteiger partial charge in [0.15, 0.2) is 0 Å². The number of furan rings is 1. The minimum atomic E-state index is 0.220. The zero-order valence-corrected chi connectivity index (χ0v) is 10.9. The quantitative estimate of drug-likeness (QED) is 0.899. The molecule has 0 aromatic carbocycles. The van der Waals surface area contributed by atoms with Crippen LogP contribution in [-0.2, 0) is 6.42 Å². The van der Waals surface area contributed by atoms with E-state index in [0.717, 1.165) is 22.8 Å². The molecule has 0 saturated heterocycles. The standard InChI is InChI=1S/C12H14ClNOS/c1-8-7-16-12(11(8)13)10(14-2)6-9-4-3-5-15-9/h3-5,7,10,14H,6H2,1-2H3. The van der Waals surface area contributed by atoms with Crippen molar-refractivity contribution in [3.05, 3.63) is 45.0 Å². The van der Waals surface area contributed by atoms with Gasteiger partial charge in [-0.15, -0.1) is 11.3 Å². The molecule has 2 aromatic rings. The normalized spacial score (nSPS) is 12.9. The predicted molar refractivity (Wildman–Crippen MR) is 68.3 cm³/mol. The second-order valence-electron chi connectivity index (χ2n) is 3.72. The van der Waals surface area contributed by atoms with E-state index >= 15 is 0 Å². The number of rotatable bonds is 4. The summed E-state index contributed by atoms with van der Waals surface area (Å²) in [5, 5.41) is 6.24. The fraction of sp³-hybridized carbons (Fsp3) is 0.333. The van der Waals surface area contributed by atoms with Crippen molar-refractivity contribution in [3.63, 3.8) is 0 Å². The molecule has 2 heterocycles. The maximum absolute atomic E-state index is 6.26. The predicted octanol–water partition coefficient (Wildman–Crippen LogP) is 3.81. The van der Waals surface area contributed by atoms with Crippen LogP contribution >= 0.6 is 22.9 Å². The van der Waals surface area contributed by atoms with Crippen molar-refractivity contribution in [3.8, 4) is 0 Å². The molecule has 1 atom stereocenters. The van der Waals surface area contributed by atoms with Gasteiger partial charge in [0, 0.05) is 17.3 Å². The summed E-state index contributed by atoms with van der Waals surface area (Å²) >= 11 is 7.96.